The van der Waals surface area contributed by atoms with Gasteiger partial charge in [-0.2, -0.15) is 0 Å². The summed E-state index contributed by atoms with van der Waals surface area (Å²) in [5.74, 6) is 0. The lowest BCUT2D eigenvalue weighted by molar-refractivity contribution is 0.201. The molecule has 90 valence electrons. The molecule has 0 unspecified atom stereocenters. The van der Waals surface area contributed by atoms with E-state index in [1.807, 2.05) is 25.1 Å². The Balaban J connectivity index is 2.53. The summed E-state index contributed by atoms with van der Waals surface area (Å²) >= 11 is 1.04. The Kier molecular flexibility index (Phi) is 2.80. The third kappa shape index (κ3) is 2.40. The number of benzene rings is 1. The molecule has 7 heteroatoms. The molecule has 0 radical (unpaired) electrons. The van der Waals surface area contributed by atoms with Gasteiger partial charge < -0.3 is 5.11 Å². The number of carbonyl (C=O) groups is 1. The zero-order chi connectivity index (χ0) is 12.6. The van der Waals surface area contributed by atoms with Crippen molar-refractivity contribution in [2.45, 2.75) is 11.1 Å². The van der Waals surface area contributed by atoms with Crippen molar-refractivity contribution in [1.82, 2.24) is 4.72 Å². The van der Waals surface area contributed by atoms with Gasteiger partial charge in [0.1, 0.15) is 4.21 Å². The number of fused-ring (bicyclic) bond motifs is 1. The fourth-order valence-electron chi connectivity index (χ4n) is 1.44. The van der Waals surface area contributed by atoms with Crippen LogP contribution in [0.2, 0.25) is 0 Å². The van der Waals surface area contributed by atoms with E-state index in [2.05, 4.69) is 0 Å². The van der Waals surface area contributed by atoms with E-state index < -0.39 is 16.1 Å². The molecule has 0 fully saturated rings. The summed E-state index contributed by atoms with van der Waals surface area (Å²) in [6, 6.07) is 7.01. The Bertz CT molecular complexity index is 687. The van der Waals surface area contributed by atoms with E-state index >= 15 is 0 Å². The van der Waals surface area contributed by atoms with E-state index in [9.17, 15) is 13.2 Å². The zero-order valence-corrected chi connectivity index (χ0v) is 10.4. The first-order valence-corrected chi connectivity index (χ1v) is 6.94. The van der Waals surface area contributed by atoms with E-state index in [0.29, 0.717) is 0 Å². The molecule has 0 bridgehead atoms. The summed E-state index contributed by atoms with van der Waals surface area (Å²) < 4.78 is 25.5. The van der Waals surface area contributed by atoms with E-state index in [-0.39, 0.29) is 4.21 Å². The van der Waals surface area contributed by atoms with E-state index in [0.717, 1.165) is 27.0 Å². The quantitative estimate of drug-likeness (QED) is 0.876. The second-order valence-electron chi connectivity index (χ2n) is 3.52. The highest BCUT2D eigenvalue weighted by atomic mass is 32.2. The van der Waals surface area contributed by atoms with Crippen molar-refractivity contribution < 1.29 is 18.3 Å². The number of thiophene rings is 1. The van der Waals surface area contributed by atoms with Gasteiger partial charge in [0.2, 0.25) is 0 Å². The van der Waals surface area contributed by atoms with Gasteiger partial charge in [-0.05, 0) is 24.4 Å². The van der Waals surface area contributed by atoms with E-state index in [4.69, 9.17) is 5.11 Å². The van der Waals surface area contributed by atoms with Gasteiger partial charge in [0.15, 0.2) is 0 Å². The lowest BCUT2D eigenvalue weighted by Gasteiger charge is -1.98. The van der Waals surface area contributed by atoms with Crippen LogP contribution < -0.4 is 4.72 Å². The molecular weight excluding hydrogens is 262 g/mol. The zero-order valence-electron chi connectivity index (χ0n) is 8.80. The molecule has 0 aliphatic heterocycles. The normalized spacial score (nSPS) is 11.6. The molecule has 5 nitrogen and oxygen atoms in total. The number of carboxylic acid groups (broad SMARTS) is 1. The maximum absolute atomic E-state index is 11.6. The average molecular weight is 271 g/mol. The molecule has 17 heavy (non-hydrogen) atoms. The predicted molar refractivity (Wildman–Crippen MR) is 64.9 cm³/mol. The van der Waals surface area contributed by atoms with Crippen LogP contribution in [0.1, 0.15) is 5.56 Å². The van der Waals surface area contributed by atoms with Crippen LogP contribution >= 0.6 is 11.3 Å². The number of amides is 1. The molecule has 2 rings (SSSR count). The van der Waals surface area contributed by atoms with Crippen LogP contribution in [0.4, 0.5) is 4.79 Å². The van der Waals surface area contributed by atoms with Crippen LogP contribution in [-0.2, 0) is 10.0 Å². The summed E-state index contributed by atoms with van der Waals surface area (Å²) in [5, 5.41) is 9.24. The summed E-state index contributed by atoms with van der Waals surface area (Å²) in [7, 11) is -3.97. The largest absolute Gasteiger partial charge is 0.464 e. The van der Waals surface area contributed by atoms with Crippen LogP contribution in [-0.4, -0.2) is 19.6 Å². The van der Waals surface area contributed by atoms with Crippen molar-refractivity contribution >= 4 is 37.5 Å². The van der Waals surface area contributed by atoms with Crippen LogP contribution in [0.5, 0.6) is 0 Å². The monoisotopic (exact) mass is 271 g/mol. The van der Waals surface area contributed by atoms with Crippen LogP contribution in [0.15, 0.2) is 28.5 Å². The Labute approximate surface area is 102 Å². The lowest BCUT2D eigenvalue weighted by atomic mass is 10.2. The number of rotatable bonds is 2. The van der Waals surface area contributed by atoms with Crippen LogP contribution in [0, 0.1) is 6.92 Å². The van der Waals surface area contributed by atoms with Gasteiger partial charge in [-0.15, -0.1) is 11.3 Å². The van der Waals surface area contributed by atoms with Crippen molar-refractivity contribution in [2.24, 2.45) is 0 Å². The number of hydrogen-bond donors (Lipinski definition) is 2. The first kappa shape index (κ1) is 11.9. The minimum atomic E-state index is -3.97. The molecule has 0 spiro atoms. The molecule has 1 aromatic heterocycles. The SMILES string of the molecule is Cc1ccc2sc(S(=O)(=O)NC(=O)O)cc2c1. The molecule has 1 amide bonds. The Morgan fingerprint density at radius 1 is 1.35 bits per heavy atom. The van der Waals surface area contributed by atoms with Gasteiger partial charge in [0, 0.05) is 4.70 Å². The van der Waals surface area contributed by atoms with Crippen molar-refractivity contribution in [2.75, 3.05) is 0 Å². The van der Waals surface area contributed by atoms with Crippen molar-refractivity contribution in [1.29, 1.82) is 0 Å². The highest BCUT2D eigenvalue weighted by Crippen LogP contribution is 2.29. The van der Waals surface area contributed by atoms with Crippen LogP contribution in [0.3, 0.4) is 0 Å². The van der Waals surface area contributed by atoms with Crippen molar-refractivity contribution in [3.05, 3.63) is 29.8 Å². The molecule has 0 aliphatic carbocycles. The third-order valence-electron chi connectivity index (χ3n) is 2.14. The highest BCUT2D eigenvalue weighted by molar-refractivity contribution is 7.92. The molecule has 2 aromatic rings. The number of nitrogens with one attached hydrogen (secondary N) is 1. The molecule has 0 saturated heterocycles. The minimum Gasteiger partial charge on any atom is -0.464 e. The summed E-state index contributed by atoms with van der Waals surface area (Å²) in [5.41, 5.74) is 1.02. The summed E-state index contributed by atoms with van der Waals surface area (Å²) in [4.78, 5) is 10.4. The molecule has 0 saturated carbocycles. The van der Waals surface area contributed by atoms with E-state index in [1.54, 1.807) is 0 Å². The van der Waals surface area contributed by atoms with E-state index in [1.165, 1.54) is 10.8 Å². The second kappa shape index (κ2) is 4.01. The standard InChI is InChI=1S/C10H9NO4S2/c1-6-2-3-8-7(4-6)5-9(16-8)17(14,15)11-10(12)13/h2-5,11H,1H3,(H,12,13). The Morgan fingerprint density at radius 2 is 2.06 bits per heavy atom. The van der Waals surface area contributed by atoms with Crippen molar-refractivity contribution in [3.8, 4) is 0 Å². The molecule has 0 atom stereocenters. The van der Waals surface area contributed by atoms with Gasteiger partial charge in [-0.25, -0.2) is 17.9 Å². The Morgan fingerprint density at radius 3 is 2.71 bits per heavy atom. The van der Waals surface area contributed by atoms with Gasteiger partial charge in [0.25, 0.3) is 10.0 Å². The minimum absolute atomic E-state index is 0.000463. The van der Waals surface area contributed by atoms with Gasteiger partial charge in [-0.1, -0.05) is 17.7 Å². The average Bonchev–Trinajstić information content (AvgIpc) is 2.58. The topological polar surface area (TPSA) is 83.5 Å². The fraction of sp³-hybridized carbons (Fsp3) is 0.100. The smallest absolute Gasteiger partial charge is 0.418 e. The first-order chi connectivity index (χ1) is 7.88. The number of hydrogen-bond acceptors (Lipinski definition) is 4. The molecule has 1 aromatic carbocycles. The van der Waals surface area contributed by atoms with Gasteiger partial charge >= 0.3 is 6.09 Å². The number of aryl methyl sites for hydroxylation is 1. The Hall–Kier alpha value is -1.60. The molecular formula is C10H9NO4S2. The molecule has 1 heterocycles. The first-order valence-electron chi connectivity index (χ1n) is 4.64. The van der Waals surface area contributed by atoms with Gasteiger partial charge in [0.05, 0.1) is 0 Å². The number of sulfonamides is 1. The maximum Gasteiger partial charge on any atom is 0.418 e. The third-order valence-corrected chi connectivity index (χ3v) is 5.05. The van der Waals surface area contributed by atoms with Gasteiger partial charge in [-0.3, -0.25) is 0 Å². The summed E-state index contributed by atoms with van der Waals surface area (Å²) in [6.45, 7) is 1.90. The fourth-order valence-corrected chi connectivity index (χ4v) is 3.66. The summed E-state index contributed by atoms with van der Waals surface area (Å²) in [6.07, 6.45) is -1.58. The van der Waals surface area contributed by atoms with Crippen molar-refractivity contribution in [3.63, 3.8) is 0 Å². The second-order valence-corrected chi connectivity index (χ2v) is 6.51. The predicted octanol–water partition coefficient (Wildman–Crippen LogP) is 2.17. The van der Waals surface area contributed by atoms with Crippen LogP contribution in [0.25, 0.3) is 10.1 Å². The lowest BCUT2D eigenvalue weighted by Crippen LogP contribution is -2.28. The highest BCUT2D eigenvalue weighted by Gasteiger charge is 2.19. The maximum atomic E-state index is 11.6. The molecule has 0 aliphatic rings. The molecule has 2 N–H and O–H groups in total.